The maximum atomic E-state index is 6.28. The number of nitrogens with one attached hydrogen (secondary N) is 2. The Balaban J connectivity index is 1.83. The average molecular weight is 328 g/mol. The minimum Gasteiger partial charge on any atom is -0.493 e. The topological polar surface area (TPSA) is 45.8 Å². The summed E-state index contributed by atoms with van der Waals surface area (Å²) >= 11 is 6.28. The molecule has 1 aromatic carbocycles. The number of halogens is 1. The van der Waals surface area contributed by atoms with Gasteiger partial charge in [-0.15, -0.1) is 0 Å². The summed E-state index contributed by atoms with van der Waals surface area (Å²) in [5.74, 6) is 1.31. The van der Waals surface area contributed by atoms with Crippen molar-refractivity contribution in [3.63, 3.8) is 0 Å². The molecule has 0 saturated carbocycles. The van der Waals surface area contributed by atoms with Gasteiger partial charge in [-0.05, 0) is 24.6 Å². The first kappa shape index (κ1) is 17.3. The molecule has 0 bridgehead atoms. The van der Waals surface area contributed by atoms with Crippen LogP contribution in [0.3, 0.4) is 0 Å². The molecule has 0 amide bonds. The molecule has 1 fully saturated rings. The zero-order valence-corrected chi connectivity index (χ0v) is 14.2. The fraction of sp³-hybridized carbons (Fsp3) is 0.625. The van der Waals surface area contributed by atoms with Crippen molar-refractivity contribution < 1.29 is 9.47 Å². The number of ether oxygens (including phenoxy) is 2. The normalized spacial score (nSPS) is 15.8. The molecule has 0 aliphatic carbocycles. The molecule has 1 heterocycles. The van der Waals surface area contributed by atoms with E-state index < -0.39 is 0 Å². The van der Waals surface area contributed by atoms with Crippen LogP contribution in [0.25, 0.3) is 0 Å². The predicted molar refractivity (Wildman–Crippen MR) is 90.2 cm³/mol. The molecule has 1 aliphatic heterocycles. The molecule has 6 heteroatoms. The van der Waals surface area contributed by atoms with Crippen molar-refractivity contribution in [3.8, 4) is 11.5 Å². The summed E-state index contributed by atoms with van der Waals surface area (Å²) < 4.78 is 10.9. The standard InChI is InChI=1S/C16H26ClN3O2/c1-3-22-16-14(17)10-13(11-15(16)21-2)12-19-6-9-20-7-4-18-5-8-20/h10-11,18-19H,3-9,12H2,1-2H3. The lowest BCUT2D eigenvalue weighted by atomic mass is 10.2. The van der Waals surface area contributed by atoms with Crippen LogP contribution >= 0.6 is 11.6 Å². The van der Waals surface area contributed by atoms with Crippen LogP contribution < -0.4 is 20.1 Å². The van der Waals surface area contributed by atoms with E-state index in [-0.39, 0.29) is 0 Å². The molecule has 0 atom stereocenters. The number of piperazine rings is 1. The minimum absolute atomic E-state index is 0.568. The van der Waals surface area contributed by atoms with Gasteiger partial charge in [0.25, 0.3) is 0 Å². The summed E-state index contributed by atoms with van der Waals surface area (Å²) in [6.45, 7) is 9.75. The van der Waals surface area contributed by atoms with E-state index in [2.05, 4.69) is 15.5 Å². The van der Waals surface area contributed by atoms with Gasteiger partial charge in [-0.2, -0.15) is 0 Å². The number of hydrogen-bond acceptors (Lipinski definition) is 5. The van der Waals surface area contributed by atoms with E-state index in [0.717, 1.165) is 51.4 Å². The van der Waals surface area contributed by atoms with Crippen LogP contribution in [0.5, 0.6) is 11.5 Å². The highest BCUT2D eigenvalue weighted by molar-refractivity contribution is 6.32. The maximum absolute atomic E-state index is 6.28. The number of benzene rings is 1. The molecule has 2 N–H and O–H groups in total. The van der Waals surface area contributed by atoms with E-state index in [1.807, 2.05) is 19.1 Å². The lowest BCUT2D eigenvalue weighted by Crippen LogP contribution is -2.45. The summed E-state index contributed by atoms with van der Waals surface area (Å²) in [7, 11) is 1.63. The molecule has 0 spiro atoms. The molecule has 0 aromatic heterocycles. The largest absolute Gasteiger partial charge is 0.493 e. The fourth-order valence-corrected chi connectivity index (χ4v) is 2.85. The van der Waals surface area contributed by atoms with Gasteiger partial charge in [-0.1, -0.05) is 11.6 Å². The van der Waals surface area contributed by atoms with Gasteiger partial charge < -0.3 is 20.1 Å². The Morgan fingerprint density at radius 3 is 2.77 bits per heavy atom. The van der Waals surface area contributed by atoms with E-state index in [1.54, 1.807) is 7.11 Å². The smallest absolute Gasteiger partial charge is 0.179 e. The third-order valence-corrected chi connectivity index (χ3v) is 4.00. The van der Waals surface area contributed by atoms with Gasteiger partial charge in [-0.3, -0.25) is 4.90 Å². The molecule has 1 aromatic rings. The molecule has 22 heavy (non-hydrogen) atoms. The zero-order chi connectivity index (χ0) is 15.8. The van der Waals surface area contributed by atoms with Gasteiger partial charge in [-0.25, -0.2) is 0 Å². The summed E-state index contributed by atoms with van der Waals surface area (Å²) in [5.41, 5.74) is 1.10. The Kier molecular flexibility index (Phi) is 7.25. The number of hydrogen-bond donors (Lipinski definition) is 2. The molecular weight excluding hydrogens is 302 g/mol. The minimum atomic E-state index is 0.568. The zero-order valence-electron chi connectivity index (χ0n) is 13.5. The van der Waals surface area contributed by atoms with Gasteiger partial charge in [0, 0.05) is 45.8 Å². The van der Waals surface area contributed by atoms with Gasteiger partial charge >= 0.3 is 0 Å². The Morgan fingerprint density at radius 1 is 1.32 bits per heavy atom. The van der Waals surface area contributed by atoms with Crippen LogP contribution in [0, 0.1) is 0 Å². The molecule has 124 valence electrons. The van der Waals surface area contributed by atoms with Crippen molar-refractivity contribution >= 4 is 11.6 Å². The third-order valence-electron chi connectivity index (χ3n) is 3.72. The maximum Gasteiger partial charge on any atom is 0.179 e. The summed E-state index contributed by atoms with van der Waals surface area (Å²) in [6.07, 6.45) is 0. The van der Waals surface area contributed by atoms with Crippen LogP contribution in [-0.4, -0.2) is 57.9 Å². The van der Waals surface area contributed by atoms with Gasteiger partial charge in [0.15, 0.2) is 11.5 Å². The molecule has 1 aliphatic rings. The highest BCUT2D eigenvalue weighted by Gasteiger charge is 2.12. The van der Waals surface area contributed by atoms with Crippen LogP contribution in [-0.2, 0) is 6.54 Å². The first-order valence-corrected chi connectivity index (χ1v) is 8.25. The third kappa shape index (κ3) is 5.02. The van der Waals surface area contributed by atoms with E-state index in [4.69, 9.17) is 21.1 Å². The molecule has 5 nitrogen and oxygen atoms in total. The molecule has 0 radical (unpaired) electrons. The average Bonchev–Trinajstić information content (AvgIpc) is 2.55. The summed E-state index contributed by atoms with van der Waals surface area (Å²) in [5, 5.41) is 7.42. The number of methoxy groups -OCH3 is 1. The van der Waals surface area contributed by atoms with Crippen molar-refractivity contribution in [1.29, 1.82) is 0 Å². The lowest BCUT2D eigenvalue weighted by Gasteiger charge is -2.27. The van der Waals surface area contributed by atoms with Crippen molar-refractivity contribution in [2.75, 3.05) is 53.0 Å². The van der Waals surface area contributed by atoms with Crippen LogP contribution in [0.1, 0.15) is 12.5 Å². The number of rotatable bonds is 8. The first-order chi connectivity index (χ1) is 10.7. The van der Waals surface area contributed by atoms with Gasteiger partial charge in [0.1, 0.15) is 0 Å². The van der Waals surface area contributed by atoms with E-state index in [0.29, 0.717) is 23.1 Å². The van der Waals surface area contributed by atoms with Crippen LogP contribution in [0.2, 0.25) is 5.02 Å². The Morgan fingerprint density at radius 2 is 2.09 bits per heavy atom. The van der Waals surface area contributed by atoms with Crippen LogP contribution in [0.15, 0.2) is 12.1 Å². The second-order valence-corrected chi connectivity index (χ2v) is 5.72. The first-order valence-electron chi connectivity index (χ1n) is 7.87. The monoisotopic (exact) mass is 327 g/mol. The second kappa shape index (κ2) is 9.20. The highest BCUT2D eigenvalue weighted by Crippen LogP contribution is 2.36. The van der Waals surface area contributed by atoms with Crippen molar-refractivity contribution in [3.05, 3.63) is 22.7 Å². The number of nitrogens with zero attached hydrogens (tertiary/aromatic N) is 1. The predicted octanol–water partition coefficient (Wildman–Crippen LogP) is 1.74. The van der Waals surface area contributed by atoms with Gasteiger partial charge in [0.2, 0.25) is 0 Å². The van der Waals surface area contributed by atoms with Crippen LogP contribution in [0.4, 0.5) is 0 Å². The Hall–Kier alpha value is -1.01. The van der Waals surface area contributed by atoms with Crippen molar-refractivity contribution in [2.45, 2.75) is 13.5 Å². The fourth-order valence-electron chi connectivity index (χ4n) is 2.56. The second-order valence-electron chi connectivity index (χ2n) is 5.31. The SMILES string of the molecule is CCOc1c(Cl)cc(CNCCN2CCNCC2)cc1OC. The van der Waals surface area contributed by atoms with Gasteiger partial charge in [0.05, 0.1) is 18.7 Å². The Labute approximate surface area is 137 Å². The highest BCUT2D eigenvalue weighted by atomic mass is 35.5. The molecular formula is C16H26ClN3O2. The Bertz CT molecular complexity index is 465. The van der Waals surface area contributed by atoms with E-state index >= 15 is 0 Å². The quantitative estimate of drug-likeness (QED) is 0.712. The lowest BCUT2D eigenvalue weighted by molar-refractivity contribution is 0.241. The van der Waals surface area contributed by atoms with Crippen molar-refractivity contribution in [2.24, 2.45) is 0 Å². The molecule has 1 saturated heterocycles. The van der Waals surface area contributed by atoms with Crippen molar-refractivity contribution in [1.82, 2.24) is 15.5 Å². The van der Waals surface area contributed by atoms with E-state index in [1.165, 1.54) is 0 Å². The molecule has 0 unspecified atom stereocenters. The summed E-state index contributed by atoms with van der Waals surface area (Å²) in [6, 6.07) is 3.92. The van der Waals surface area contributed by atoms with E-state index in [9.17, 15) is 0 Å². The molecule has 2 rings (SSSR count). The summed E-state index contributed by atoms with van der Waals surface area (Å²) in [4.78, 5) is 2.47.